The lowest BCUT2D eigenvalue weighted by Crippen LogP contribution is -2.27. The van der Waals surface area contributed by atoms with Gasteiger partial charge in [-0.1, -0.05) is 29.3 Å². The number of rotatable bonds is 7. The highest BCUT2D eigenvalue weighted by molar-refractivity contribution is 6.31. The van der Waals surface area contributed by atoms with Gasteiger partial charge in [-0.25, -0.2) is 8.78 Å². The Labute approximate surface area is 238 Å². The zero-order chi connectivity index (χ0) is 28.7. The molecule has 3 heterocycles. The quantitative estimate of drug-likeness (QED) is 0.299. The number of hydrogen-bond acceptors (Lipinski definition) is 5. The zero-order valence-electron chi connectivity index (χ0n) is 21.5. The van der Waals surface area contributed by atoms with E-state index in [0.717, 1.165) is 16.6 Å². The Morgan fingerprint density at radius 3 is 2.62 bits per heavy atom. The minimum atomic E-state index is -0.980. The van der Waals surface area contributed by atoms with Gasteiger partial charge < -0.3 is 10.4 Å². The number of pyridine rings is 3. The van der Waals surface area contributed by atoms with Crippen molar-refractivity contribution in [3.05, 3.63) is 109 Å². The lowest BCUT2D eigenvalue weighted by molar-refractivity contribution is 0.0941. The van der Waals surface area contributed by atoms with Crippen molar-refractivity contribution in [1.29, 1.82) is 0 Å². The molecule has 1 fully saturated rings. The number of carbonyl (C=O) groups excluding carboxylic acids is 1. The number of hydrogen-bond donors (Lipinski definition) is 2. The van der Waals surface area contributed by atoms with Crippen LogP contribution < -0.4 is 10.9 Å². The standard InChI is InChI=1S/C29H24Cl2F2N4O3/c1-14-11-36-26(18-4-3-5-19(24(18)32)28(39)35-6-7-38)25(33)27(14)37-15(2)8-22(23(31)29(37)40)21-10-20(21)16-9-17(30)13-34-12-16/h3-5,8-9,11-13,20-21,38H,6-7,10H2,1-2H3,(H,35,39)/t20-,21+/m1/s1. The van der Waals surface area contributed by atoms with Gasteiger partial charge in [0.1, 0.15) is 16.5 Å². The lowest BCUT2D eigenvalue weighted by Gasteiger charge is -2.18. The topological polar surface area (TPSA) is 97.1 Å². The third-order valence-corrected chi connectivity index (χ3v) is 7.59. The largest absolute Gasteiger partial charge is 0.395 e. The van der Waals surface area contributed by atoms with Crippen LogP contribution in [0.2, 0.25) is 10.0 Å². The fourth-order valence-corrected chi connectivity index (χ4v) is 5.46. The molecule has 1 amide bonds. The van der Waals surface area contributed by atoms with Crippen LogP contribution in [-0.2, 0) is 0 Å². The molecule has 1 aliphatic carbocycles. The zero-order valence-corrected chi connectivity index (χ0v) is 23.0. The molecule has 4 aromatic rings. The summed E-state index contributed by atoms with van der Waals surface area (Å²) in [4.78, 5) is 34.1. The Morgan fingerprint density at radius 1 is 1.12 bits per heavy atom. The summed E-state index contributed by atoms with van der Waals surface area (Å²) in [5.74, 6) is -2.58. The summed E-state index contributed by atoms with van der Waals surface area (Å²) < 4.78 is 32.7. The molecule has 0 aliphatic heterocycles. The summed E-state index contributed by atoms with van der Waals surface area (Å²) in [5, 5.41) is 11.8. The second-order valence-corrected chi connectivity index (χ2v) is 10.5. The maximum absolute atomic E-state index is 16.1. The molecule has 7 nitrogen and oxygen atoms in total. The molecule has 3 aromatic heterocycles. The summed E-state index contributed by atoms with van der Waals surface area (Å²) >= 11 is 12.7. The molecular weight excluding hydrogens is 561 g/mol. The average molecular weight is 585 g/mol. The van der Waals surface area contributed by atoms with Crippen LogP contribution in [0.25, 0.3) is 16.9 Å². The average Bonchev–Trinajstić information content (AvgIpc) is 3.72. The SMILES string of the molecule is Cc1cnc(-c2cccc(C(=O)NCCO)c2F)c(F)c1-n1c(C)cc([C@H]2C[C@@H]2c2cncc(Cl)c2)c(Cl)c1=O. The van der Waals surface area contributed by atoms with Gasteiger partial charge in [0.2, 0.25) is 0 Å². The van der Waals surface area contributed by atoms with E-state index < -0.39 is 23.1 Å². The van der Waals surface area contributed by atoms with Crippen molar-refractivity contribution in [2.24, 2.45) is 0 Å². The van der Waals surface area contributed by atoms with Crippen LogP contribution >= 0.6 is 23.2 Å². The van der Waals surface area contributed by atoms with Crippen molar-refractivity contribution in [2.75, 3.05) is 13.2 Å². The van der Waals surface area contributed by atoms with Crippen molar-refractivity contribution in [2.45, 2.75) is 32.1 Å². The first-order chi connectivity index (χ1) is 19.1. The first kappa shape index (κ1) is 27.9. The Hall–Kier alpha value is -3.66. The number of aliphatic hydroxyl groups excluding tert-OH is 1. The van der Waals surface area contributed by atoms with Crippen molar-refractivity contribution >= 4 is 29.1 Å². The number of aromatic nitrogens is 3. The van der Waals surface area contributed by atoms with Gasteiger partial charge in [-0.15, -0.1) is 0 Å². The molecule has 1 aromatic carbocycles. The van der Waals surface area contributed by atoms with E-state index in [2.05, 4.69) is 15.3 Å². The van der Waals surface area contributed by atoms with E-state index >= 15 is 8.78 Å². The third kappa shape index (κ3) is 5.00. The Kier molecular flexibility index (Phi) is 7.72. The van der Waals surface area contributed by atoms with Crippen LogP contribution in [0.15, 0.2) is 53.7 Å². The van der Waals surface area contributed by atoms with Crippen molar-refractivity contribution in [1.82, 2.24) is 19.9 Å². The molecule has 0 radical (unpaired) electrons. The molecule has 0 bridgehead atoms. The molecule has 2 atom stereocenters. The monoisotopic (exact) mass is 584 g/mol. The molecule has 1 saturated carbocycles. The number of nitrogens with one attached hydrogen (secondary N) is 1. The number of aryl methyl sites for hydroxylation is 2. The van der Waals surface area contributed by atoms with Crippen molar-refractivity contribution in [3.8, 4) is 16.9 Å². The van der Waals surface area contributed by atoms with Crippen LogP contribution in [0.5, 0.6) is 0 Å². The first-order valence-electron chi connectivity index (χ1n) is 12.5. The van der Waals surface area contributed by atoms with E-state index in [-0.39, 0.29) is 52.5 Å². The van der Waals surface area contributed by atoms with Gasteiger partial charge in [-0.05, 0) is 73.1 Å². The van der Waals surface area contributed by atoms with Gasteiger partial charge in [-0.3, -0.25) is 24.1 Å². The fourth-order valence-electron chi connectivity index (χ4n) is 5.00. The molecular formula is C29H24Cl2F2N4O3. The molecule has 0 spiro atoms. The number of benzene rings is 1. The van der Waals surface area contributed by atoms with Gasteiger partial charge in [0.05, 0.1) is 22.9 Å². The van der Waals surface area contributed by atoms with Crippen LogP contribution in [-0.4, -0.2) is 38.7 Å². The minimum absolute atomic E-state index is 0.0124. The second kappa shape index (κ2) is 11.1. The number of carbonyl (C=O) groups is 1. The second-order valence-electron chi connectivity index (χ2n) is 9.68. The van der Waals surface area contributed by atoms with E-state index in [9.17, 15) is 9.59 Å². The Morgan fingerprint density at radius 2 is 1.90 bits per heavy atom. The molecule has 2 N–H and O–H groups in total. The molecule has 0 unspecified atom stereocenters. The molecule has 206 valence electrons. The third-order valence-electron chi connectivity index (χ3n) is 7.00. The van der Waals surface area contributed by atoms with Gasteiger partial charge in [0.25, 0.3) is 11.5 Å². The van der Waals surface area contributed by atoms with E-state index in [0.29, 0.717) is 21.8 Å². The Bertz CT molecular complexity index is 1710. The first-order valence-corrected chi connectivity index (χ1v) is 13.3. The summed E-state index contributed by atoms with van der Waals surface area (Å²) in [6.45, 7) is 2.87. The van der Waals surface area contributed by atoms with Gasteiger partial charge in [0.15, 0.2) is 5.82 Å². The normalized spacial score (nSPS) is 16.2. The van der Waals surface area contributed by atoms with Gasteiger partial charge >= 0.3 is 0 Å². The predicted molar refractivity (Wildman–Crippen MR) is 148 cm³/mol. The van der Waals surface area contributed by atoms with E-state index in [1.54, 1.807) is 32.3 Å². The van der Waals surface area contributed by atoms with Crippen LogP contribution in [0.4, 0.5) is 8.78 Å². The molecule has 0 saturated heterocycles. The van der Waals surface area contributed by atoms with Gasteiger partial charge in [0, 0.05) is 36.4 Å². The van der Waals surface area contributed by atoms with Gasteiger partial charge in [-0.2, -0.15) is 0 Å². The highest BCUT2D eigenvalue weighted by Gasteiger charge is 2.42. The van der Waals surface area contributed by atoms with Crippen molar-refractivity contribution < 1.29 is 18.7 Å². The van der Waals surface area contributed by atoms with E-state index in [1.807, 2.05) is 6.07 Å². The fraction of sp³-hybridized carbons (Fsp3) is 0.241. The summed E-state index contributed by atoms with van der Waals surface area (Å²) in [7, 11) is 0. The minimum Gasteiger partial charge on any atom is -0.395 e. The number of amides is 1. The molecule has 11 heteroatoms. The number of halogens is 4. The maximum Gasteiger partial charge on any atom is 0.274 e. The smallest absolute Gasteiger partial charge is 0.274 e. The molecule has 1 aliphatic rings. The van der Waals surface area contributed by atoms with Crippen LogP contribution in [0.3, 0.4) is 0 Å². The van der Waals surface area contributed by atoms with Crippen molar-refractivity contribution in [3.63, 3.8) is 0 Å². The predicted octanol–water partition coefficient (Wildman–Crippen LogP) is 5.49. The van der Waals surface area contributed by atoms with E-state index in [4.69, 9.17) is 28.3 Å². The summed E-state index contributed by atoms with van der Waals surface area (Å²) in [5.41, 5.74) is 0.722. The van der Waals surface area contributed by atoms with Crippen LogP contribution in [0, 0.1) is 25.5 Å². The Balaban J connectivity index is 1.57. The van der Waals surface area contributed by atoms with Crippen LogP contribution in [0.1, 0.15) is 51.0 Å². The highest BCUT2D eigenvalue weighted by atomic mass is 35.5. The lowest BCUT2D eigenvalue weighted by atomic mass is 10.0. The summed E-state index contributed by atoms with van der Waals surface area (Å²) in [6.07, 6.45) is 5.39. The maximum atomic E-state index is 16.1. The highest BCUT2D eigenvalue weighted by Crippen LogP contribution is 2.56. The molecule has 5 rings (SSSR count). The number of aliphatic hydroxyl groups is 1. The molecule has 40 heavy (non-hydrogen) atoms. The summed E-state index contributed by atoms with van der Waals surface area (Å²) in [6, 6.07) is 7.54. The van der Waals surface area contributed by atoms with E-state index in [1.165, 1.54) is 24.4 Å². The number of nitrogens with zero attached hydrogens (tertiary/aromatic N) is 3.